The molecule has 6 atom stereocenters. The number of ether oxygens (including phenoxy) is 6. The fourth-order valence-corrected chi connectivity index (χ4v) is 10.5. The van der Waals surface area contributed by atoms with Gasteiger partial charge in [-0.2, -0.15) is 0 Å². The third-order valence-corrected chi connectivity index (χ3v) is 16.3. The van der Waals surface area contributed by atoms with Gasteiger partial charge in [-0.1, -0.05) is 251 Å². The van der Waals surface area contributed by atoms with Crippen molar-refractivity contribution in [3.05, 3.63) is 60.7 Å². The van der Waals surface area contributed by atoms with Crippen molar-refractivity contribution in [1.82, 2.24) is 5.32 Å². The molecule has 23 heteroatoms. The number of nitrogens with one attached hydrogen (secondary N) is 1. The van der Waals surface area contributed by atoms with E-state index in [1.165, 1.54) is 102 Å². The Morgan fingerprint density at radius 2 is 1.14 bits per heavy atom. The first-order chi connectivity index (χ1) is 36.5. The Labute approximate surface area is 494 Å². The van der Waals surface area contributed by atoms with Crippen molar-refractivity contribution < 1.29 is 65.7 Å². The number of phosphoric ester groups is 1. The summed E-state index contributed by atoms with van der Waals surface area (Å²) in [6.07, 6.45) is 13.3. The molecular weight excluding hydrogens is 1210 g/mol. The number of carbonyl (C=O) groups excluding carboxylic acids is 4. The quantitative estimate of drug-likeness (QED) is 0.0222. The molecule has 1 aliphatic rings. The van der Waals surface area contributed by atoms with Crippen LogP contribution in [0.5, 0.6) is 11.5 Å². The summed E-state index contributed by atoms with van der Waals surface area (Å²) in [5, 5.41) is 1.24. The molecule has 0 spiro atoms. The van der Waals surface area contributed by atoms with E-state index in [9.17, 15) is 19.2 Å². The highest BCUT2D eigenvalue weighted by Gasteiger charge is 2.54. The van der Waals surface area contributed by atoms with Crippen molar-refractivity contribution in [2.24, 2.45) is 0 Å². The standard InChI is InChI=1S/C54H79BrCl6NO14P/c1-5-7-9-11-13-15-16-18-20-22-30-36-44(63)70-42(35-25-21-19-17-14-12-10-8-6-2)37-45(64)72-48-46(62-50(65)69-39-53(56,57)58)49(55)71-43(38-68-51(66)73-52(3,4)54(59,60)61)47(48)76-77(67,74-40-31-26-23-27-32-40)75-41-33-28-24-29-34-41/h23-24,26-29,31-34,42-43,46-49H,5-22,25,30,35-39H2,1-4H3,(H,62,65)/t42-,43-,46+,47-,48-,49+/m1/s1. The molecule has 438 valence electrons. The summed E-state index contributed by atoms with van der Waals surface area (Å²) in [6.45, 7) is 5.61. The maximum atomic E-state index is 15.2. The summed E-state index contributed by atoms with van der Waals surface area (Å²) in [7, 11) is -4.95. The van der Waals surface area contributed by atoms with Crippen LogP contribution in [0, 0.1) is 0 Å². The lowest BCUT2D eigenvalue weighted by molar-refractivity contribution is -0.194. The predicted molar refractivity (Wildman–Crippen MR) is 307 cm³/mol. The van der Waals surface area contributed by atoms with E-state index in [2.05, 4.69) is 35.1 Å². The van der Waals surface area contributed by atoms with Gasteiger partial charge in [0.05, 0.1) is 6.42 Å². The SMILES string of the molecule is CCCCCCCCCCCCCC(=O)O[C@H](CCCCCCCCCCC)CC(=O)O[C@@H]1[C@H](NC(=O)OCC(Cl)(Cl)Cl)[C@@H](Br)O[C@H](COC(=O)OC(C)(C)C(Cl)(Cl)Cl)[C@H]1OP(=O)(Oc1ccccc1)Oc1ccccc1. The lowest BCUT2D eigenvalue weighted by Gasteiger charge is -2.44. The first-order valence-corrected chi connectivity index (χ1v) is 31.6. The molecule has 0 bridgehead atoms. The molecule has 77 heavy (non-hydrogen) atoms. The summed E-state index contributed by atoms with van der Waals surface area (Å²) in [5.41, 5.74) is -1.71. The van der Waals surface area contributed by atoms with Crippen LogP contribution >= 0.6 is 93.4 Å². The largest absolute Gasteiger partial charge is 0.588 e. The molecule has 2 aromatic rings. The van der Waals surface area contributed by atoms with E-state index in [1.807, 2.05) is 0 Å². The second kappa shape index (κ2) is 37.1. The Hall–Kier alpha value is -2.11. The number of rotatable bonds is 37. The van der Waals surface area contributed by atoms with Gasteiger partial charge < -0.3 is 42.8 Å². The number of benzene rings is 2. The Balaban J connectivity index is 1.99. The molecule has 15 nitrogen and oxygen atoms in total. The molecule has 0 unspecified atom stereocenters. The van der Waals surface area contributed by atoms with Crippen LogP contribution in [0.25, 0.3) is 0 Å². The predicted octanol–water partition coefficient (Wildman–Crippen LogP) is 17.4. The van der Waals surface area contributed by atoms with Gasteiger partial charge in [0.1, 0.15) is 54.1 Å². The van der Waals surface area contributed by atoms with Gasteiger partial charge in [0.2, 0.25) is 7.59 Å². The van der Waals surface area contributed by atoms with Crippen LogP contribution in [0.3, 0.4) is 0 Å². The van der Waals surface area contributed by atoms with E-state index in [-0.39, 0.29) is 17.9 Å². The van der Waals surface area contributed by atoms with Crippen LogP contribution in [0.15, 0.2) is 60.7 Å². The van der Waals surface area contributed by atoms with E-state index < -0.39 is 100 Å². The van der Waals surface area contributed by atoms with E-state index >= 15 is 4.57 Å². The summed E-state index contributed by atoms with van der Waals surface area (Å²) in [4.78, 5) is 54.7. The number of carbonyl (C=O) groups is 4. The second-order valence-corrected chi connectivity index (χ2v) is 26.7. The molecule has 1 saturated heterocycles. The van der Waals surface area contributed by atoms with Gasteiger partial charge in [-0.3, -0.25) is 14.1 Å². The minimum absolute atomic E-state index is 0.0417. The number of alkyl carbamates (subject to hydrolysis) is 1. The van der Waals surface area contributed by atoms with Gasteiger partial charge in [0.25, 0.3) is 0 Å². The fourth-order valence-electron chi connectivity index (χ4n) is 8.10. The maximum absolute atomic E-state index is 15.2. The van der Waals surface area contributed by atoms with Gasteiger partial charge in [0.15, 0.2) is 11.7 Å². The summed E-state index contributed by atoms with van der Waals surface area (Å²) >= 11 is 39.3. The zero-order chi connectivity index (χ0) is 56.7. The Bertz CT molecular complexity index is 1990. The number of phosphoric acid groups is 1. The van der Waals surface area contributed by atoms with Crippen molar-refractivity contribution in [3.8, 4) is 11.5 Å². The van der Waals surface area contributed by atoms with E-state index in [1.54, 1.807) is 36.4 Å². The number of alkyl halides is 7. The van der Waals surface area contributed by atoms with Gasteiger partial charge in [-0.15, -0.1) is 0 Å². The molecule has 1 aliphatic heterocycles. The van der Waals surface area contributed by atoms with Crippen LogP contribution < -0.4 is 14.4 Å². The molecule has 0 aliphatic carbocycles. The first kappa shape index (κ1) is 69.2. The average Bonchev–Trinajstić information content (AvgIpc) is 3.35. The molecular formula is C54H79BrCl6NO14P. The van der Waals surface area contributed by atoms with Crippen molar-refractivity contribution in [3.63, 3.8) is 0 Å². The molecule has 1 heterocycles. The molecule has 0 saturated carbocycles. The highest BCUT2D eigenvalue weighted by atomic mass is 79.9. The normalized spacial score (nSPS) is 18.4. The zero-order valence-corrected chi connectivity index (χ0v) is 51.7. The second-order valence-electron chi connectivity index (χ2n) is 19.6. The lowest BCUT2D eigenvalue weighted by atomic mass is 9.97. The highest BCUT2D eigenvalue weighted by Crippen LogP contribution is 2.53. The van der Waals surface area contributed by atoms with Crippen molar-refractivity contribution in [2.75, 3.05) is 13.2 Å². The lowest BCUT2D eigenvalue weighted by Crippen LogP contribution is -2.64. The maximum Gasteiger partial charge on any atom is 0.588 e. The van der Waals surface area contributed by atoms with Crippen LogP contribution in [-0.2, 0) is 47.1 Å². The van der Waals surface area contributed by atoms with Crippen molar-refractivity contribution >= 4 is 118 Å². The third kappa shape index (κ3) is 29.4. The van der Waals surface area contributed by atoms with Crippen LogP contribution in [-0.4, -0.2) is 86.1 Å². The van der Waals surface area contributed by atoms with E-state index in [0.717, 1.165) is 51.4 Å². The molecule has 3 rings (SSSR count). The monoisotopic (exact) mass is 1290 g/mol. The Morgan fingerprint density at radius 1 is 0.662 bits per heavy atom. The topological polar surface area (TPSA) is 180 Å². The van der Waals surface area contributed by atoms with E-state index in [4.69, 9.17) is 112 Å². The van der Waals surface area contributed by atoms with Crippen LogP contribution in [0.2, 0.25) is 0 Å². The first-order valence-electron chi connectivity index (χ1n) is 26.9. The smallest absolute Gasteiger partial charge is 0.462 e. The summed E-state index contributed by atoms with van der Waals surface area (Å²) < 4.78 is 63.8. The number of para-hydroxylation sites is 2. The minimum Gasteiger partial charge on any atom is -0.462 e. The summed E-state index contributed by atoms with van der Waals surface area (Å²) in [5.74, 6) is -1.28. The average molecular weight is 1290 g/mol. The minimum atomic E-state index is -4.95. The number of unbranched alkanes of at least 4 members (excludes halogenated alkanes) is 18. The van der Waals surface area contributed by atoms with Crippen molar-refractivity contribution in [1.29, 1.82) is 0 Å². The van der Waals surface area contributed by atoms with Crippen molar-refractivity contribution in [2.45, 2.75) is 224 Å². The number of hydrogen-bond acceptors (Lipinski definition) is 14. The third-order valence-electron chi connectivity index (χ3n) is 12.4. The number of hydrogen-bond donors (Lipinski definition) is 1. The van der Waals surface area contributed by atoms with Gasteiger partial charge >= 0.3 is 32.0 Å². The van der Waals surface area contributed by atoms with Crippen LogP contribution in [0.4, 0.5) is 9.59 Å². The molecule has 2 aromatic carbocycles. The number of esters is 2. The van der Waals surface area contributed by atoms with E-state index in [0.29, 0.717) is 19.3 Å². The summed E-state index contributed by atoms with van der Waals surface area (Å²) in [6, 6.07) is 14.4. The molecule has 1 N–H and O–H groups in total. The molecule has 1 fully saturated rings. The molecule has 1 amide bonds. The Kier molecular flexibility index (Phi) is 33.3. The molecule has 0 aromatic heterocycles. The zero-order valence-electron chi connectivity index (χ0n) is 44.7. The highest BCUT2D eigenvalue weighted by molar-refractivity contribution is 9.09. The number of halogens is 7. The number of amides is 1. The Morgan fingerprint density at radius 3 is 1.62 bits per heavy atom. The van der Waals surface area contributed by atoms with Gasteiger partial charge in [-0.05, 0) is 57.4 Å². The molecule has 0 radical (unpaired) electrons. The van der Waals surface area contributed by atoms with Crippen LogP contribution in [0.1, 0.15) is 175 Å². The van der Waals surface area contributed by atoms with Gasteiger partial charge in [-0.25, -0.2) is 14.2 Å². The fraction of sp³-hybridized carbons (Fsp3) is 0.704. The van der Waals surface area contributed by atoms with Gasteiger partial charge in [0, 0.05) is 6.42 Å².